The van der Waals surface area contributed by atoms with Crippen molar-refractivity contribution in [1.82, 2.24) is 10.2 Å². The van der Waals surface area contributed by atoms with Gasteiger partial charge in [-0.2, -0.15) is 0 Å². The number of carbonyl (C=O) groups is 1. The van der Waals surface area contributed by atoms with Crippen LogP contribution in [0.3, 0.4) is 0 Å². The molecule has 1 amide bonds. The zero-order chi connectivity index (χ0) is 12.8. The van der Waals surface area contributed by atoms with Crippen molar-refractivity contribution in [3.63, 3.8) is 0 Å². The highest BCUT2D eigenvalue weighted by molar-refractivity contribution is 7.10. The number of thiophene rings is 1. The van der Waals surface area contributed by atoms with Gasteiger partial charge in [-0.15, -0.1) is 11.3 Å². The summed E-state index contributed by atoms with van der Waals surface area (Å²) in [5.74, 6) is 0.254. The van der Waals surface area contributed by atoms with Gasteiger partial charge < -0.3 is 10.2 Å². The molecule has 1 aromatic heterocycles. The summed E-state index contributed by atoms with van der Waals surface area (Å²) < 4.78 is 0. The quantitative estimate of drug-likeness (QED) is 0.887. The number of amides is 1. The average molecular weight is 266 g/mol. The number of hydrogen-bond donors (Lipinski definition) is 1. The SMILES string of the molecule is CCc1ccsc1CNCC(=O)N1CCCCC1. The Kier molecular flexibility index (Phi) is 5.20. The molecular formula is C14H22N2OS. The molecule has 1 N–H and O–H groups in total. The molecule has 1 aliphatic heterocycles. The standard InChI is InChI=1S/C14H22N2OS/c1-2-12-6-9-18-13(12)10-15-11-14(17)16-7-4-3-5-8-16/h6,9,15H,2-5,7-8,10-11H2,1H3. The molecule has 4 heteroatoms. The first-order valence-corrected chi connectivity index (χ1v) is 7.73. The number of carbonyl (C=O) groups excluding carboxylic acids is 1. The summed E-state index contributed by atoms with van der Waals surface area (Å²) in [6.07, 6.45) is 4.67. The summed E-state index contributed by atoms with van der Waals surface area (Å²) in [5, 5.41) is 5.41. The number of likely N-dealkylation sites (tertiary alicyclic amines) is 1. The van der Waals surface area contributed by atoms with Crippen LogP contribution in [0.2, 0.25) is 0 Å². The number of piperidine rings is 1. The maximum Gasteiger partial charge on any atom is 0.236 e. The fourth-order valence-electron chi connectivity index (χ4n) is 2.38. The lowest BCUT2D eigenvalue weighted by molar-refractivity contribution is -0.131. The van der Waals surface area contributed by atoms with Crippen LogP contribution < -0.4 is 5.32 Å². The maximum atomic E-state index is 11.9. The highest BCUT2D eigenvalue weighted by Crippen LogP contribution is 2.16. The molecule has 0 spiro atoms. The summed E-state index contributed by atoms with van der Waals surface area (Å²) in [4.78, 5) is 15.3. The van der Waals surface area contributed by atoms with Crippen LogP contribution in [-0.2, 0) is 17.8 Å². The summed E-state index contributed by atoms with van der Waals surface area (Å²) in [6.45, 7) is 5.35. The molecule has 0 bridgehead atoms. The van der Waals surface area contributed by atoms with Gasteiger partial charge in [0.15, 0.2) is 0 Å². The van der Waals surface area contributed by atoms with Crippen LogP contribution in [0.15, 0.2) is 11.4 Å². The van der Waals surface area contributed by atoms with E-state index < -0.39 is 0 Å². The third-order valence-electron chi connectivity index (χ3n) is 3.49. The van der Waals surface area contributed by atoms with Crippen molar-refractivity contribution in [1.29, 1.82) is 0 Å². The Morgan fingerprint density at radius 1 is 1.39 bits per heavy atom. The van der Waals surface area contributed by atoms with Crippen LogP contribution in [-0.4, -0.2) is 30.4 Å². The van der Waals surface area contributed by atoms with Crippen molar-refractivity contribution in [3.8, 4) is 0 Å². The Hall–Kier alpha value is -0.870. The molecule has 18 heavy (non-hydrogen) atoms. The van der Waals surface area contributed by atoms with E-state index in [1.165, 1.54) is 16.9 Å². The molecule has 1 aromatic rings. The molecule has 2 heterocycles. The Morgan fingerprint density at radius 3 is 2.89 bits per heavy atom. The van der Waals surface area contributed by atoms with E-state index in [1.54, 1.807) is 11.3 Å². The number of hydrogen-bond acceptors (Lipinski definition) is 3. The molecule has 2 rings (SSSR count). The van der Waals surface area contributed by atoms with Crippen molar-refractivity contribution in [2.75, 3.05) is 19.6 Å². The average Bonchev–Trinajstić information content (AvgIpc) is 2.87. The van der Waals surface area contributed by atoms with Gasteiger partial charge in [0.1, 0.15) is 0 Å². The van der Waals surface area contributed by atoms with Gasteiger partial charge in [-0.3, -0.25) is 4.79 Å². The van der Waals surface area contributed by atoms with Gasteiger partial charge in [-0.05, 0) is 42.7 Å². The third-order valence-corrected chi connectivity index (χ3v) is 4.45. The van der Waals surface area contributed by atoms with Gasteiger partial charge in [-0.25, -0.2) is 0 Å². The van der Waals surface area contributed by atoms with Crippen LogP contribution in [0.5, 0.6) is 0 Å². The van der Waals surface area contributed by atoms with E-state index in [0.717, 1.165) is 38.9 Å². The minimum absolute atomic E-state index is 0.254. The van der Waals surface area contributed by atoms with Crippen molar-refractivity contribution >= 4 is 17.2 Å². The maximum absolute atomic E-state index is 11.9. The largest absolute Gasteiger partial charge is 0.342 e. The van der Waals surface area contributed by atoms with Crippen molar-refractivity contribution in [3.05, 3.63) is 21.9 Å². The molecule has 0 aromatic carbocycles. The molecule has 3 nitrogen and oxygen atoms in total. The Morgan fingerprint density at radius 2 is 2.17 bits per heavy atom. The second-order valence-corrected chi connectivity index (χ2v) is 5.77. The van der Waals surface area contributed by atoms with Gasteiger partial charge >= 0.3 is 0 Å². The van der Waals surface area contributed by atoms with Gasteiger partial charge in [0.2, 0.25) is 5.91 Å². The summed E-state index contributed by atoms with van der Waals surface area (Å²) >= 11 is 1.77. The van der Waals surface area contributed by atoms with E-state index in [1.807, 2.05) is 4.90 Å². The van der Waals surface area contributed by atoms with Crippen LogP contribution in [0.4, 0.5) is 0 Å². The van der Waals surface area contributed by atoms with Crippen molar-refractivity contribution in [2.24, 2.45) is 0 Å². The topological polar surface area (TPSA) is 32.3 Å². The zero-order valence-corrected chi connectivity index (χ0v) is 11.9. The molecule has 0 aliphatic carbocycles. The van der Waals surface area contributed by atoms with Gasteiger partial charge in [0.05, 0.1) is 6.54 Å². The Labute approximate surface area is 113 Å². The minimum Gasteiger partial charge on any atom is -0.342 e. The van der Waals surface area contributed by atoms with Crippen LogP contribution in [0.25, 0.3) is 0 Å². The summed E-state index contributed by atoms with van der Waals surface area (Å²) in [6, 6.07) is 2.17. The van der Waals surface area contributed by atoms with Gasteiger partial charge in [0.25, 0.3) is 0 Å². The van der Waals surface area contributed by atoms with E-state index in [-0.39, 0.29) is 5.91 Å². The molecule has 100 valence electrons. The highest BCUT2D eigenvalue weighted by Gasteiger charge is 2.15. The van der Waals surface area contributed by atoms with Crippen molar-refractivity contribution in [2.45, 2.75) is 39.2 Å². The second-order valence-electron chi connectivity index (χ2n) is 4.77. The molecule has 1 aliphatic rings. The first-order chi connectivity index (χ1) is 8.81. The Bertz CT molecular complexity index is 383. The number of rotatable bonds is 5. The number of aryl methyl sites for hydroxylation is 1. The van der Waals surface area contributed by atoms with E-state index >= 15 is 0 Å². The molecule has 0 radical (unpaired) electrons. The summed E-state index contributed by atoms with van der Waals surface area (Å²) in [7, 11) is 0. The van der Waals surface area contributed by atoms with E-state index in [0.29, 0.717) is 6.54 Å². The van der Waals surface area contributed by atoms with Crippen LogP contribution >= 0.6 is 11.3 Å². The minimum atomic E-state index is 0.254. The normalized spacial score (nSPS) is 15.9. The van der Waals surface area contributed by atoms with Gasteiger partial charge in [0, 0.05) is 24.5 Å². The lowest BCUT2D eigenvalue weighted by Gasteiger charge is -2.26. The fourth-order valence-corrected chi connectivity index (χ4v) is 3.32. The lowest BCUT2D eigenvalue weighted by atomic mass is 10.1. The first-order valence-electron chi connectivity index (χ1n) is 6.85. The smallest absolute Gasteiger partial charge is 0.236 e. The fraction of sp³-hybridized carbons (Fsp3) is 0.643. The third kappa shape index (κ3) is 3.56. The monoisotopic (exact) mass is 266 g/mol. The molecule has 0 saturated carbocycles. The molecule has 0 unspecified atom stereocenters. The highest BCUT2D eigenvalue weighted by atomic mass is 32.1. The van der Waals surface area contributed by atoms with E-state index in [9.17, 15) is 4.79 Å². The van der Waals surface area contributed by atoms with Crippen molar-refractivity contribution < 1.29 is 4.79 Å². The molecule has 1 saturated heterocycles. The summed E-state index contributed by atoms with van der Waals surface area (Å²) in [5.41, 5.74) is 1.40. The van der Waals surface area contributed by atoms with E-state index in [4.69, 9.17) is 0 Å². The second kappa shape index (κ2) is 6.90. The predicted molar refractivity (Wildman–Crippen MR) is 75.8 cm³/mol. The number of nitrogens with zero attached hydrogens (tertiary/aromatic N) is 1. The number of nitrogens with one attached hydrogen (secondary N) is 1. The van der Waals surface area contributed by atoms with Crippen LogP contribution in [0, 0.1) is 0 Å². The Balaban J connectivity index is 1.73. The molecule has 1 fully saturated rings. The van der Waals surface area contributed by atoms with Gasteiger partial charge in [-0.1, -0.05) is 6.92 Å². The zero-order valence-electron chi connectivity index (χ0n) is 11.1. The first kappa shape index (κ1) is 13.6. The predicted octanol–water partition coefficient (Wildman–Crippen LogP) is 2.41. The van der Waals surface area contributed by atoms with Crippen LogP contribution in [0.1, 0.15) is 36.6 Å². The lowest BCUT2D eigenvalue weighted by Crippen LogP contribution is -2.40. The van der Waals surface area contributed by atoms with E-state index in [2.05, 4.69) is 23.7 Å². The molecule has 0 atom stereocenters. The molecular weight excluding hydrogens is 244 g/mol.